The molecule has 0 aliphatic heterocycles. The summed E-state index contributed by atoms with van der Waals surface area (Å²) in [5.41, 5.74) is 0.951. The zero-order valence-electron chi connectivity index (χ0n) is 9.09. The highest BCUT2D eigenvalue weighted by molar-refractivity contribution is 6.32. The lowest BCUT2D eigenvalue weighted by atomic mass is 10.1. The molecule has 0 saturated heterocycles. The molecule has 1 aromatic rings. The first-order valence-corrected chi connectivity index (χ1v) is 6.06. The van der Waals surface area contributed by atoms with Crippen molar-refractivity contribution in [2.24, 2.45) is 5.92 Å². The Bertz CT molecular complexity index is 312. The molecule has 0 heterocycles. The molecule has 0 saturated carbocycles. The van der Waals surface area contributed by atoms with Crippen LogP contribution in [0.1, 0.15) is 25.8 Å². The lowest BCUT2D eigenvalue weighted by molar-refractivity contribution is 0.255. The molecule has 0 bridgehead atoms. The van der Waals surface area contributed by atoms with Gasteiger partial charge in [0.1, 0.15) is 5.75 Å². The Morgan fingerprint density at radius 2 is 2.13 bits per heavy atom. The molecule has 1 rings (SSSR count). The monoisotopic (exact) mass is 246 g/mol. The van der Waals surface area contributed by atoms with E-state index in [0.717, 1.165) is 17.7 Å². The maximum absolute atomic E-state index is 6.05. The second kappa shape index (κ2) is 6.24. The number of hydrogen-bond acceptors (Lipinski definition) is 1. The molecule has 0 aromatic heterocycles. The Balaban J connectivity index is 2.74. The Morgan fingerprint density at radius 1 is 1.40 bits per heavy atom. The predicted octanol–water partition coefficient (Wildman–Crippen LogP) is 4.50. The first-order valence-electron chi connectivity index (χ1n) is 5.15. The second-order valence-corrected chi connectivity index (χ2v) is 4.36. The van der Waals surface area contributed by atoms with E-state index in [9.17, 15) is 0 Å². The van der Waals surface area contributed by atoms with E-state index < -0.39 is 0 Å². The molecule has 1 atom stereocenters. The molecule has 0 spiro atoms. The van der Waals surface area contributed by atoms with Crippen LogP contribution in [0.5, 0.6) is 5.75 Å². The van der Waals surface area contributed by atoms with Gasteiger partial charge in [0.2, 0.25) is 0 Å². The van der Waals surface area contributed by atoms with Crippen molar-refractivity contribution in [3.05, 3.63) is 28.8 Å². The van der Waals surface area contributed by atoms with Crippen LogP contribution in [0.3, 0.4) is 0 Å². The number of ether oxygens (including phenoxy) is 1. The predicted molar refractivity (Wildman–Crippen MR) is 66.0 cm³/mol. The van der Waals surface area contributed by atoms with Crippen LogP contribution in [-0.4, -0.2) is 6.61 Å². The van der Waals surface area contributed by atoms with Gasteiger partial charge in [-0.2, -0.15) is 0 Å². The normalized spacial score (nSPS) is 12.5. The summed E-state index contributed by atoms with van der Waals surface area (Å²) >= 11 is 11.9. The number of rotatable bonds is 5. The summed E-state index contributed by atoms with van der Waals surface area (Å²) in [4.78, 5) is 0. The molecule has 1 aromatic carbocycles. The maximum Gasteiger partial charge on any atom is 0.142 e. The first kappa shape index (κ1) is 12.7. The van der Waals surface area contributed by atoms with Gasteiger partial charge in [-0.1, -0.05) is 44.0 Å². The highest BCUT2D eigenvalue weighted by Crippen LogP contribution is 2.30. The molecule has 0 amide bonds. The third-order valence-corrected chi connectivity index (χ3v) is 2.99. The van der Waals surface area contributed by atoms with Gasteiger partial charge in [0.05, 0.1) is 17.5 Å². The first-order chi connectivity index (χ1) is 7.19. The highest BCUT2D eigenvalue weighted by atomic mass is 35.5. The van der Waals surface area contributed by atoms with E-state index in [4.69, 9.17) is 27.9 Å². The minimum atomic E-state index is 0.427. The van der Waals surface area contributed by atoms with Crippen LogP contribution < -0.4 is 4.74 Å². The summed E-state index contributed by atoms with van der Waals surface area (Å²) in [6.45, 7) is 4.98. The van der Waals surface area contributed by atoms with E-state index in [0.29, 0.717) is 23.4 Å². The largest absolute Gasteiger partial charge is 0.491 e. The third-order valence-electron chi connectivity index (χ3n) is 2.40. The molecule has 84 valence electrons. The highest BCUT2D eigenvalue weighted by Gasteiger charge is 2.08. The Morgan fingerprint density at radius 3 is 2.73 bits per heavy atom. The van der Waals surface area contributed by atoms with Gasteiger partial charge in [-0.15, -0.1) is 11.6 Å². The Kier molecular flexibility index (Phi) is 5.27. The van der Waals surface area contributed by atoms with Crippen molar-refractivity contribution >= 4 is 23.2 Å². The average Bonchev–Trinajstić information content (AvgIpc) is 2.26. The van der Waals surface area contributed by atoms with E-state index in [1.165, 1.54) is 0 Å². The fourth-order valence-corrected chi connectivity index (χ4v) is 1.62. The number of benzene rings is 1. The van der Waals surface area contributed by atoms with Gasteiger partial charge in [0, 0.05) is 5.56 Å². The van der Waals surface area contributed by atoms with Gasteiger partial charge in [-0.05, 0) is 12.0 Å². The maximum atomic E-state index is 6.05. The van der Waals surface area contributed by atoms with Gasteiger partial charge < -0.3 is 4.74 Å². The minimum absolute atomic E-state index is 0.427. The molecule has 15 heavy (non-hydrogen) atoms. The summed E-state index contributed by atoms with van der Waals surface area (Å²) < 4.78 is 5.70. The van der Waals surface area contributed by atoms with E-state index in [1.807, 2.05) is 18.2 Å². The summed E-state index contributed by atoms with van der Waals surface area (Å²) in [6, 6.07) is 5.64. The zero-order chi connectivity index (χ0) is 11.3. The molecule has 1 nitrogen and oxygen atoms in total. The van der Waals surface area contributed by atoms with Gasteiger partial charge in [0.25, 0.3) is 0 Å². The van der Waals surface area contributed by atoms with Gasteiger partial charge in [-0.3, -0.25) is 0 Å². The Labute approximate surface area is 101 Å². The van der Waals surface area contributed by atoms with Crippen LogP contribution in [0.2, 0.25) is 5.02 Å². The number of halogens is 2. The van der Waals surface area contributed by atoms with Crippen molar-refractivity contribution in [2.45, 2.75) is 26.1 Å². The van der Waals surface area contributed by atoms with E-state index in [1.54, 1.807) is 0 Å². The van der Waals surface area contributed by atoms with Crippen molar-refractivity contribution in [3.63, 3.8) is 0 Å². The quantitative estimate of drug-likeness (QED) is 0.696. The topological polar surface area (TPSA) is 9.23 Å². The van der Waals surface area contributed by atoms with Crippen LogP contribution >= 0.6 is 23.2 Å². The fourth-order valence-electron chi connectivity index (χ4n) is 1.16. The Hall–Kier alpha value is -0.400. The fraction of sp³-hybridized carbons (Fsp3) is 0.500. The lowest BCUT2D eigenvalue weighted by Gasteiger charge is -2.14. The number of hydrogen-bond donors (Lipinski definition) is 0. The zero-order valence-corrected chi connectivity index (χ0v) is 10.6. The lowest BCUT2D eigenvalue weighted by Crippen LogP contribution is -2.08. The SMILES string of the molecule is CCC(C)COc1c(Cl)cccc1CCl. The number of para-hydroxylation sites is 1. The van der Waals surface area contributed by atoms with Crippen molar-refractivity contribution in [2.75, 3.05) is 6.61 Å². The van der Waals surface area contributed by atoms with Crippen LogP contribution in [0.4, 0.5) is 0 Å². The minimum Gasteiger partial charge on any atom is -0.491 e. The summed E-state index contributed by atoms with van der Waals surface area (Å²) in [5.74, 6) is 1.69. The van der Waals surface area contributed by atoms with Crippen LogP contribution in [-0.2, 0) is 5.88 Å². The standard InChI is InChI=1S/C12H16Cl2O/c1-3-9(2)8-15-12-10(7-13)5-4-6-11(12)14/h4-6,9H,3,7-8H2,1-2H3. The van der Waals surface area contributed by atoms with Gasteiger partial charge in [-0.25, -0.2) is 0 Å². The molecular formula is C12H16Cl2O. The van der Waals surface area contributed by atoms with Crippen molar-refractivity contribution in [3.8, 4) is 5.75 Å². The second-order valence-electron chi connectivity index (χ2n) is 3.69. The van der Waals surface area contributed by atoms with E-state index in [-0.39, 0.29) is 0 Å². The molecule has 0 fully saturated rings. The van der Waals surface area contributed by atoms with Crippen LogP contribution in [0, 0.1) is 5.92 Å². The third kappa shape index (κ3) is 3.58. The molecular weight excluding hydrogens is 231 g/mol. The van der Waals surface area contributed by atoms with Gasteiger partial charge in [0.15, 0.2) is 0 Å². The number of alkyl halides is 1. The van der Waals surface area contributed by atoms with E-state index in [2.05, 4.69) is 13.8 Å². The molecule has 0 aliphatic carbocycles. The summed E-state index contributed by atoms with van der Waals surface area (Å²) in [6.07, 6.45) is 1.10. The molecule has 0 N–H and O–H groups in total. The smallest absolute Gasteiger partial charge is 0.142 e. The summed E-state index contributed by atoms with van der Waals surface area (Å²) in [7, 11) is 0. The van der Waals surface area contributed by atoms with Crippen LogP contribution in [0.25, 0.3) is 0 Å². The molecule has 3 heteroatoms. The molecule has 0 aliphatic rings. The summed E-state index contributed by atoms with van der Waals surface area (Å²) in [5, 5.41) is 0.636. The average molecular weight is 247 g/mol. The van der Waals surface area contributed by atoms with Crippen molar-refractivity contribution < 1.29 is 4.74 Å². The molecule has 1 unspecified atom stereocenters. The van der Waals surface area contributed by atoms with Gasteiger partial charge >= 0.3 is 0 Å². The van der Waals surface area contributed by atoms with E-state index >= 15 is 0 Å². The van der Waals surface area contributed by atoms with Crippen molar-refractivity contribution in [1.29, 1.82) is 0 Å². The van der Waals surface area contributed by atoms with Crippen LogP contribution in [0.15, 0.2) is 18.2 Å². The van der Waals surface area contributed by atoms with Crippen molar-refractivity contribution in [1.82, 2.24) is 0 Å². The molecule has 0 radical (unpaired) electrons.